The summed E-state index contributed by atoms with van der Waals surface area (Å²) in [6.07, 6.45) is 0.193. The molecule has 0 saturated heterocycles. The first-order chi connectivity index (χ1) is 11.6. The van der Waals surface area contributed by atoms with Gasteiger partial charge in [-0.1, -0.05) is 12.1 Å². The summed E-state index contributed by atoms with van der Waals surface area (Å²) < 4.78 is 15.7. The van der Waals surface area contributed by atoms with E-state index in [9.17, 15) is 14.7 Å². The molecule has 0 amide bonds. The Hall–Kier alpha value is -2.58. The molecule has 3 N–H and O–H groups in total. The van der Waals surface area contributed by atoms with E-state index in [1.54, 1.807) is 31.4 Å². The number of hydrogen-bond donors (Lipinski definition) is 3. The molecule has 0 atom stereocenters. The molecule has 24 heavy (non-hydrogen) atoms. The van der Waals surface area contributed by atoms with Gasteiger partial charge < -0.3 is 19.3 Å². The second-order valence-corrected chi connectivity index (χ2v) is 5.01. The lowest BCUT2D eigenvalue weighted by molar-refractivity contribution is 0.0544. The fraction of sp³-hybridized carbons (Fsp3) is 0.375. The highest BCUT2D eigenvalue weighted by molar-refractivity contribution is 5.33. The van der Waals surface area contributed by atoms with E-state index in [1.165, 1.54) is 0 Å². The van der Waals surface area contributed by atoms with Crippen LogP contribution in [0.2, 0.25) is 0 Å². The number of rotatable bonds is 9. The average Bonchev–Trinajstić information content (AvgIpc) is 2.55. The van der Waals surface area contributed by atoms with E-state index in [0.29, 0.717) is 32.2 Å². The maximum absolute atomic E-state index is 11.7. The Kier molecular flexibility index (Phi) is 6.59. The molecule has 1 aromatic carbocycles. The van der Waals surface area contributed by atoms with Crippen molar-refractivity contribution < 1.29 is 19.3 Å². The van der Waals surface area contributed by atoms with Crippen LogP contribution in [0.15, 0.2) is 33.9 Å². The van der Waals surface area contributed by atoms with E-state index in [1.807, 2.05) is 0 Å². The summed E-state index contributed by atoms with van der Waals surface area (Å²) in [6.45, 7) is 1.95. The summed E-state index contributed by atoms with van der Waals surface area (Å²) in [4.78, 5) is 27.0. The van der Waals surface area contributed by atoms with Crippen LogP contribution in [0.1, 0.15) is 11.1 Å². The molecule has 1 aromatic heterocycles. The monoisotopic (exact) mass is 336 g/mol. The van der Waals surface area contributed by atoms with Gasteiger partial charge in [-0.25, -0.2) is 4.79 Å². The van der Waals surface area contributed by atoms with Crippen LogP contribution in [0.4, 0.5) is 0 Å². The normalized spacial score (nSPS) is 10.7. The Morgan fingerprint density at radius 2 is 1.71 bits per heavy atom. The quantitative estimate of drug-likeness (QED) is 0.571. The third-order valence-corrected chi connectivity index (χ3v) is 3.25. The molecule has 2 aromatic rings. The molecule has 1 heterocycles. The van der Waals surface area contributed by atoms with E-state index in [0.717, 1.165) is 5.56 Å². The molecule has 0 saturated carbocycles. The number of H-pyrrole nitrogens is 2. The van der Waals surface area contributed by atoms with E-state index >= 15 is 0 Å². The number of hydrogen-bond acceptors (Lipinski definition) is 6. The van der Waals surface area contributed by atoms with Gasteiger partial charge in [0, 0.05) is 13.5 Å². The number of nitrogens with one attached hydrogen (secondary N) is 2. The Bertz CT molecular complexity index is 750. The van der Waals surface area contributed by atoms with Gasteiger partial charge in [0.2, 0.25) is 5.88 Å². The van der Waals surface area contributed by atoms with Crippen LogP contribution in [-0.4, -0.2) is 48.6 Å². The van der Waals surface area contributed by atoms with Gasteiger partial charge in [0.1, 0.15) is 12.4 Å². The minimum Gasteiger partial charge on any atom is -0.494 e. The maximum atomic E-state index is 11.7. The second kappa shape index (κ2) is 8.90. The van der Waals surface area contributed by atoms with Crippen molar-refractivity contribution in [3.63, 3.8) is 0 Å². The third-order valence-electron chi connectivity index (χ3n) is 3.25. The molecule has 8 heteroatoms. The van der Waals surface area contributed by atoms with Crippen LogP contribution in [0.3, 0.4) is 0 Å². The molecule has 0 aliphatic carbocycles. The van der Waals surface area contributed by atoms with Gasteiger partial charge in [-0.15, -0.1) is 0 Å². The molecular weight excluding hydrogens is 316 g/mol. The van der Waals surface area contributed by atoms with Crippen LogP contribution < -0.4 is 16.0 Å². The first-order valence-electron chi connectivity index (χ1n) is 7.43. The van der Waals surface area contributed by atoms with Gasteiger partial charge in [0.15, 0.2) is 0 Å². The highest BCUT2D eigenvalue weighted by atomic mass is 16.5. The average molecular weight is 336 g/mol. The van der Waals surface area contributed by atoms with Crippen molar-refractivity contribution in [2.45, 2.75) is 6.42 Å². The SMILES string of the molecule is COCCOCCOc1ccc(Cc2c(O)[nH]c(=O)[nH]c2=O)cc1. The van der Waals surface area contributed by atoms with Crippen molar-refractivity contribution in [3.8, 4) is 11.6 Å². The molecular formula is C16H20N2O6. The number of methoxy groups -OCH3 is 1. The minimum atomic E-state index is -0.738. The molecule has 0 aliphatic heterocycles. The van der Waals surface area contributed by atoms with Gasteiger partial charge in [-0.05, 0) is 17.7 Å². The fourth-order valence-corrected chi connectivity index (χ4v) is 2.03. The minimum absolute atomic E-state index is 0.106. The molecule has 0 fully saturated rings. The van der Waals surface area contributed by atoms with Crippen molar-refractivity contribution in [1.29, 1.82) is 0 Å². The summed E-state index contributed by atoms with van der Waals surface area (Å²) in [5.41, 5.74) is -0.441. The van der Waals surface area contributed by atoms with Gasteiger partial charge >= 0.3 is 5.69 Å². The second-order valence-electron chi connectivity index (χ2n) is 5.01. The van der Waals surface area contributed by atoms with Gasteiger partial charge in [0.05, 0.1) is 25.4 Å². The molecule has 0 radical (unpaired) electrons. The van der Waals surface area contributed by atoms with Crippen LogP contribution >= 0.6 is 0 Å². The number of aromatic amines is 2. The summed E-state index contributed by atoms with van der Waals surface area (Å²) in [5.74, 6) is 0.256. The lowest BCUT2D eigenvalue weighted by Crippen LogP contribution is -2.25. The van der Waals surface area contributed by atoms with Crippen LogP contribution in [0.25, 0.3) is 0 Å². The van der Waals surface area contributed by atoms with Crippen molar-refractivity contribution in [1.82, 2.24) is 9.97 Å². The molecule has 2 rings (SSSR count). The number of aromatic nitrogens is 2. The predicted octanol–water partition coefficient (Wildman–Crippen LogP) is 0.401. The van der Waals surface area contributed by atoms with E-state index in [-0.39, 0.29) is 12.0 Å². The Morgan fingerprint density at radius 3 is 2.38 bits per heavy atom. The van der Waals surface area contributed by atoms with Crippen LogP contribution in [-0.2, 0) is 15.9 Å². The molecule has 0 bridgehead atoms. The predicted molar refractivity (Wildman–Crippen MR) is 86.8 cm³/mol. The standard InChI is InChI=1S/C16H20N2O6/c1-22-6-7-23-8-9-24-12-4-2-11(3-5-12)10-13-14(19)17-16(21)18-15(13)20/h2-5H,6-10H2,1H3,(H3,17,18,19,20,21). The number of aromatic hydroxyl groups is 1. The lowest BCUT2D eigenvalue weighted by atomic mass is 10.1. The largest absolute Gasteiger partial charge is 0.494 e. The van der Waals surface area contributed by atoms with Crippen LogP contribution in [0, 0.1) is 0 Å². The lowest BCUT2D eigenvalue weighted by Gasteiger charge is -2.08. The summed E-state index contributed by atoms with van der Waals surface area (Å²) in [5, 5.41) is 9.67. The molecule has 8 nitrogen and oxygen atoms in total. The summed E-state index contributed by atoms with van der Waals surface area (Å²) in [7, 11) is 1.61. The smallest absolute Gasteiger partial charge is 0.328 e. The van der Waals surface area contributed by atoms with E-state index in [4.69, 9.17) is 14.2 Å². The van der Waals surface area contributed by atoms with E-state index in [2.05, 4.69) is 9.97 Å². The van der Waals surface area contributed by atoms with Crippen molar-refractivity contribution in [2.24, 2.45) is 0 Å². The Balaban J connectivity index is 1.88. The summed E-state index contributed by atoms with van der Waals surface area (Å²) in [6, 6.07) is 7.10. The zero-order valence-electron chi connectivity index (χ0n) is 13.3. The van der Waals surface area contributed by atoms with Crippen LogP contribution in [0.5, 0.6) is 11.6 Å². The maximum Gasteiger partial charge on any atom is 0.328 e. The first-order valence-corrected chi connectivity index (χ1v) is 7.43. The molecule has 0 spiro atoms. The van der Waals surface area contributed by atoms with Crippen molar-refractivity contribution in [2.75, 3.05) is 33.5 Å². The molecule has 0 unspecified atom stereocenters. The van der Waals surface area contributed by atoms with Crippen molar-refractivity contribution >= 4 is 0 Å². The number of benzene rings is 1. The molecule has 130 valence electrons. The number of ether oxygens (including phenoxy) is 3. The Morgan fingerprint density at radius 1 is 1.00 bits per heavy atom. The third kappa shape index (κ3) is 5.25. The van der Waals surface area contributed by atoms with Gasteiger partial charge in [-0.3, -0.25) is 14.8 Å². The van der Waals surface area contributed by atoms with Gasteiger partial charge in [-0.2, -0.15) is 0 Å². The zero-order valence-corrected chi connectivity index (χ0v) is 13.3. The van der Waals surface area contributed by atoms with Gasteiger partial charge in [0.25, 0.3) is 5.56 Å². The first kappa shape index (κ1) is 17.8. The van der Waals surface area contributed by atoms with E-state index < -0.39 is 17.1 Å². The fourth-order valence-electron chi connectivity index (χ4n) is 2.03. The summed E-state index contributed by atoms with van der Waals surface area (Å²) >= 11 is 0. The highest BCUT2D eigenvalue weighted by Crippen LogP contribution is 2.16. The zero-order chi connectivity index (χ0) is 17.4. The van der Waals surface area contributed by atoms with Crippen molar-refractivity contribution in [3.05, 3.63) is 56.2 Å². The molecule has 0 aliphatic rings. The Labute approximate surface area is 138 Å². The topological polar surface area (TPSA) is 114 Å². The highest BCUT2D eigenvalue weighted by Gasteiger charge is 2.09.